The molecule has 0 heterocycles. The molecule has 0 amide bonds. The predicted octanol–water partition coefficient (Wildman–Crippen LogP) is 3.43. The summed E-state index contributed by atoms with van der Waals surface area (Å²) in [5, 5.41) is 2.99. The van der Waals surface area contributed by atoms with Crippen molar-refractivity contribution >= 4 is 11.4 Å². The Hall–Kier alpha value is -1.76. The van der Waals surface area contributed by atoms with Crippen LogP contribution in [0.2, 0.25) is 0 Å². The van der Waals surface area contributed by atoms with Gasteiger partial charge in [-0.1, -0.05) is 36.3 Å². The average Bonchev–Trinajstić information content (AvgIpc) is 2.13. The minimum Gasteiger partial charge on any atom is -0.356 e. The van der Waals surface area contributed by atoms with Crippen molar-refractivity contribution in [1.82, 2.24) is 0 Å². The van der Waals surface area contributed by atoms with E-state index < -0.39 is 0 Å². The number of hydrogen-bond donors (Lipinski definition) is 1. The van der Waals surface area contributed by atoms with Crippen LogP contribution in [0, 0.1) is 0 Å². The lowest BCUT2D eigenvalue weighted by atomic mass is 10.3. The zero-order valence-electron chi connectivity index (χ0n) is 11.0. The van der Waals surface area contributed by atoms with Crippen LogP contribution in [0.1, 0.15) is 5.48 Å². The summed E-state index contributed by atoms with van der Waals surface area (Å²) in [6.07, 6.45) is 0. The van der Waals surface area contributed by atoms with Crippen molar-refractivity contribution in [1.29, 1.82) is 0 Å². The molecule has 2 aromatic carbocycles. The highest BCUT2D eigenvalue weighted by atomic mass is 14.9. The molecule has 1 N–H and O–H groups in total. The Bertz CT molecular complexity index is 464. The molecule has 0 unspecified atom stereocenters. The van der Waals surface area contributed by atoms with E-state index in [-0.39, 0.29) is 24.2 Å². The van der Waals surface area contributed by atoms with Crippen molar-refractivity contribution in [2.24, 2.45) is 0 Å². The summed E-state index contributed by atoms with van der Waals surface area (Å²) in [5.41, 5.74) is 1.24. The molecule has 0 fully saturated rings. The molecule has 0 aliphatic rings. The van der Waals surface area contributed by atoms with Crippen LogP contribution in [0.25, 0.3) is 0 Å². The average molecular weight is 173 g/mol. The molecule has 0 aliphatic heterocycles. The first kappa shape index (κ1) is 4.47. The Morgan fingerprint density at radius 2 is 1.15 bits per heavy atom. The Balaban J connectivity index is 2.31. The lowest BCUT2D eigenvalue weighted by molar-refractivity contribution is 1.55. The van der Waals surface area contributed by atoms with Crippen LogP contribution < -0.4 is 5.32 Å². The number of nitrogens with one attached hydrogen (secondary N) is 1. The second-order valence-corrected chi connectivity index (χ2v) is 2.57. The number of para-hydroxylation sites is 2. The highest BCUT2D eigenvalue weighted by Gasteiger charge is 1.89. The number of anilines is 2. The minimum atomic E-state index is 0.258. The van der Waals surface area contributed by atoms with E-state index in [0.29, 0.717) is 11.4 Å². The van der Waals surface area contributed by atoms with Gasteiger partial charge in [-0.05, 0) is 24.3 Å². The van der Waals surface area contributed by atoms with Gasteiger partial charge in [-0.3, -0.25) is 0 Å². The third-order valence-electron chi connectivity index (χ3n) is 1.58. The fourth-order valence-corrected chi connectivity index (χ4v) is 1.02. The van der Waals surface area contributed by atoms with Crippen LogP contribution in [-0.4, -0.2) is 0 Å². The van der Waals surface area contributed by atoms with Gasteiger partial charge >= 0.3 is 0 Å². The molecule has 0 aliphatic carbocycles. The van der Waals surface area contributed by atoms with Crippen LogP contribution in [-0.2, 0) is 0 Å². The van der Waals surface area contributed by atoms with Crippen molar-refractivity contribution < 1.29 is 5.48 Å². The van der Waals surface area contributed by atoms with Gasteiger partial charge in [0.2, 0.25) is 0 Å². The third kappa shape index (κ3) is 2.09. The van der Waals surface area contributed by atoms with Gasteiger partial charge in [-0.15, -0.1) is 0 Å². The predicted molar refractivity (Wildman–Crippen MR) is 56.2 cm³/mol. The zero-order chi connectivity index (χ0) is 12.4. The zero-order valence-corrected chi connectivity index (χ0v) is 6.96. The summed E-state index contributed by atoms with van der Waals surface area (Å²) in [5.74, 6) is 0. The van der Waals surface area contributed by atoms with E-state index in [1.54, 1.807) is 24.3 Å². The van der Waals surface area contributed by atoms with Gasteiger partial charge < -0.3 is 5.32 Å². The van der Waals surface area contributed by atoms with Crippen molar-refractivity contribution in [2.75, 3.05) is 5.32 Å². The summed E-state index contributed by atoms with van der Waals surface area (Å²) in [7, 11) is 0. The normalized spacial score (nSPS) is 13.8. The summed E-state index contributed by atoms with van der Waals surface area (Å²) < 4.78 is 30.0. The SMILES string of the molecule is [2H]c1cc([2H])cc(Nc2cc([2H])cc([2H])c2)c1. The maximum absolute atomic E-state index is 7.49. The van der Waals surface area contributed by atoms with Gasteiger partial charge in [0, 0.05) is 11.4 Å². The number of benzene rings is 2. The van der Waals surface area contributed by atoms with Crippen molar-refractivity contribution in [3.8, 4) is 0 Å². The van der Waals surface area contributed by atoms with Gasteiger partial charge in [0.15, 0.2) is 0 Å². The Morgan fingerprint density at radius 1 is 0.769 bits per heavy atom. The second kappa shape index (κ2) is 3.76. The first-order valence-corrected chi connectivity index (χ1v) is 3.96. The second-order valence-electron chi connectivity index (χ2n) is 2.57. The fourth-order valence-electron chi connectivity index (χ4n) is 1.02. The molecule has 2 aromatic rings. The van der Waals surface area contributed by atoms with E-state index in [1.807, 2.05) is 0 Å². The fraction of sp³-hybridized carbons (Fsp3) is 0. The van der Waals surface area contributed by atoms with Crippen molar-refractivity contribution in [3.63, 3.8) is 0 Å². The highest BCUT2D eigenvalue weighted by molar-refractivity contribution is 5.58. The van der Waals surface area contributed by atoms with Crippen LogP contribution in [0.3, 0.4) is 0 Å². The Labute approximate surface area is 83.7 Å². The van der Waals surface area contributed by atoms with E-state index in [1.165, 1.54) is 12.1 Å². The maximum Gasteiger partial charge on any atom is 0.0623 e. The van der Waals surface area contributed by atoms with Crippen LogP contribution in [0.5, 0.6) is 0 Å². The standard InChI is InChI=1S/C12H11N/c1-3-7-11(8-4-1)13-12-9-5-2-6-10-12/h1-10,13H/i3D,4D,5D,6D. The Kier molecular flexibility index (Phi) is 1.29. The molecule has 0 spiro atoms. The van der Waals surface area contributed by atoms with E-state index >= 15 is 0 Å². The molecule has 0 saturated heterocycles. The lowest BCUT2D eigenvalue weighted by Crippen LogP contribution is -1.87. The van der Waals surface area contributed by atoms with Crippen LogP contribution in [0.4, 0.5) is 11.4 Å². The first-order chi connectivity index (χ1) is 8.02. The smallest absolute Gasteiger partial charge is 0.0623 e. The van der Waals surface area contributed by atoms with E-state index in [4.69, 9.17) is 5.48 Å². The highest BCUT2D eigenvalue weighted by Crippen LogP contribution is 2.14. The number of hydrogen-bond acceptors (Lipinski definition) is 1. The molecule has 0 saturated carbocycles. The summed E-state index contributed by atoms with van der Waals surface area (Å²) in [4.78, 5) is 0. The lowest BCUT2D eigenvalue weighted by Gasteiger charge is -2.04. The van der Waals surface area contributed by atoms with Gasteiger partial charge in [-0.2, -0.15) is 0 Å². The van der Waals surface area contributed by atoms with Crippen molar-refractivity contribution in [2.45, 2.75) is 0 Å². The molecule has 2 rings (SSSR count). The molecule has 1 nitrogen and oxygen atoms in total. The maximum atomic E-state index is 7.49. The Morgan fingerprint density at radius 3 is 1.54 bits per heavy atom. The van der Waals surface area contributed by atoms with Crippen LogP contribution >= 0.6 is 0 Å². The molecule has 0 radical (unpaired) electrons. The molecule has 0 bridgehead atoms. The molecule has 0 aromatic heterocycles. The molecular weight excluding hydrogens is 158 g/mol. The summed E-state index contributed by atoms with van der Waals surface area (Å²) >= 11 is 0. The van der Waals surface area contributed by atoms with Gasteiger partial charge in [0.25, 0.3) is 0 Å². The minimum absolute atomic E-state index is 0.258. The molecule has 13 heavy (non-hydrogen) atoms. The molecule has 64 valence electrons. The summed E-state index contributed by atoms with van der Waals surface area (Å²) in [6, 6.07) is 10.3. The third-order valence-corrected chi connectivity index (χ3v) is 1.58. The monoisotopic (exact) mass is 173 g/mol. The van der Waals surface area contributed by atoms with Crippen molar-refractivity contribution in [3.05, 3.63) is 60.6 Å². The number of rotatable bonds is 2. The van der Waals surface area contributed by atoms with E-state index in [0.717, 1.165) is 0 Å². The van der Waals surface area contributed by atoms with Gasteiger partial charge in [0.1, 0.15) is 0 Å². The largest absolute Gasteiger partial charge is 0.356 e. The molecule has 1 heteroatoms. The van der Waals surface area contributed by atoms with Gasteiger partial charge in [-0.25, -0.2) is 0 Å². The molecule has 0 atom stereocenters. The quantitative estimate of drug-likeness (QED) is 0.733. The van der Waals surface area contributed by atoms with Crippen LogP contribution in [0.15, 0.2) is 60.6 Å². The van der Waals surface area contributed by atoms with E-state index in [9.17, 15) is 0 Å². The topological polar surface area (TPSA) is 12.0 Å². The molecular formula is C12H11N. The van der Waals surface area contributed by atoms with Gasteiger partial charge in [0.05, 0.1) is 5.48 Å². The van der Waals surface area contributed by atoms with E-state index in [2.05, 4.69) is 5.32 Å². The first-order valence-electron chi connectivity index (χ1n) is 5.96. The summed E-state index contributed by atoms with van der Waals surface area (Å²) in [6.45, 7) is 0.